The van der Waals surface area contributed by atoms with E-state index in [1.165, 1.54) is 29.5 Å². The second-order valence-electron chi connectivity index (χ2n) is 4.28. The molecule has 0 spiro atoms. The molecule has 0 saturated heterocycles. The molecule has 3 aromatic rings. The van der Waals surface area contributed by atoms with Crippen molar-refractivity contribution in [2.45, 2.75) is 13.3 Å². The van der Waals surface area contributed by atoms with Crippen LogP contribution in [0.1, 0.15) is 16.5 Å². The zero-order chi connectivity index (χ0) is 14.1. The number of thiazole rings is 1. The molecule has 20 heavy (non-hydrogen) atoms. The van der Waals surface area contributed by atoms with Gasteiger partial charge >= 0.3 is 0 Å². The highest BCUT2D eigenvalue weighted by molar-refractivity contribution is 7.09. The van der Waals surface area contributed by atoms with Gasteiger partial charge in [-0.15, -0.1) is 11.3 Å². The summed E-state index contributed by atoms with van der Waals surface area (Å²) < 4.78 is 5.11. The number of hydrogen-bond donors (Lipinski definition) is 2. The fourth-order valence-corrected chi connectivity index (χ4v) is 2.52. The summed E-state index contributed by atoms with van der Waals surface area (Å²) in [5, 5.41) is 25.9. The molecule has 7 heteroatoms. The van der Waals surface area contributed by atoms with E-state index >= 15 is 0 Å². The molecule has 0 bridgehead atoms. The Morgan fingerprint density at radius 1 is 1.25 bits per heavy atom. The van der Waals surface area contributed by atoms with Gasteiger partial charge in [0.2, 0.25) is 0 Å². The zero-order valence-corrected chi connectivity index (χ0v) is 11.4. The van der Waals surface area contributed by atoms with Gasteiger partial charge in [-0.1, -0.05) is 5.16 Å². The smallest absolute Gasteiger partial charge is 0.261 e. The minimum absolute atomic E-state index is 0.0214. The van der Waals surface area contributed by atoms with Crippen LogP contribution in [0.25, 0.3) is 11.5 Å². The quantitative estimate of drug-likeness (QED) is 0.720. The number of aryl methyl sites for hydroxylation is 1. The monoisotopic (exact) mass is 289 g/mol. The maximum atomic E-state index is 9.74. The van der Waals surface area contributed by atoms with Gasteiger partial charge in [0, 0.05) is 11.1 Å². The molecule has 2 aromatic heterocycles. The van der Waals surface area contributed by atoms with Crippen molar-refractivity contribution in [3.8, 4) is 23.0 Å². The van der Waals surface area contributed by atoms with E-state index in [9.17, 15) is 10.2 Å². The summed E-state index contributed by atoms with van der Waals surface area (Å²) in [5.41, 5.74) is 1.26. The molecule has 0 fully saturated rings. The molecule has 1 aromatic carbocycles. The van der Waals surface area contributed by atoms with Crippen LogP contribution >= 0.6 is 11.3 Å². The topological polar surface area (TPSA) is 92.3 Å². The molecule has 0 amide bonds. The Labute approximate surface area is 118 Å². The number of hydrogen-bond acceptors (Lipinski definition) is 7. The van der Waals surface area contributed by atoms with Crippen molar-refractivity contribution in [2.75, 3.05) is 0 Å². The molecule has 3 rings (SSSR count). The summed E-state index contributed by atoms with van der Waals surface area (Å²) in [4.78, 5) is 8.53. The molecule has 0 aliphatic heterocycles. The molecule has 0 aliphatic rings. The molecule has 6 nitrogen and oxygen atoms in total. The third-order valence-corrected chi connectivity index (χ3v) is 3.62. The third-order valence-electron chi connectivity index (χ3n) is 2.65. The molecule has 0 saturated carbocycles. The molecule has 2 heterocycles. The highest BCUT2D eigenvalue weighted by Gasteiger charge is 2.14. The summed E-state index contributed by atoms with van der Waals surface area (Å²) in [6.07, 6.45) is 0.474. The Morgan fingerprint density at radius 3 is 2.85 bits per heavy atom. The van der Waals surface area contributed by atoms with Crippen LogP contribution in [-0.4, -0.2) is 25.3 Å². The Morgan fingerprint density at radius 2 is 2.10 bits per heavy atom. The van der Waals surface area contributed by atoms with Crippen LogP contribution in [0.5, 0.6) is 11.5 Å². The van der Waals surface area contributed by atoms with E-state index in [0.29, 0.717) is 17.8 Å². The van der Waals surface area contributed by atoms with Gasteiger partial charge in [0.25, 0.3) is 5.89 Å². The van der Waals surface area contributed by atoms with E-state index in [1.54, 1.807) is 0 Å². The fraction of sp³-hybridized carbons (Fsp3) is 0.154. The van der Waals surface area contributed by atoms with E-state index in [4.69, 9.17) is 4.52 Å². The first-order chi connectivity index (χ1) is 9.61. The van der Waals surface area contributed by atoms with Crippen molar-refractivity contribution in [2.24, 2.45) is 0 Å². The largest absolute Gasteiger partial charge is 0.508 e. The van der Waals surface area contributed by atoms with Crippen LogP contribution in [0.3, 0.4) is 0 Å². The van der Waals surface area contributed by atoms with Gasteiger partial charge in [-0.3, -0.25) is 0 Å². The van der Waals surface area contributed by atoms with Crippen LogP contribution in [-0.2, 0) is 6.42 Å². The Hall–Kier alpha value is -2.41. The van der Waals surface area contributed by atoms with E-state index in [-0.39, 0.29) is 17.4 Å². The average molecular weight is 289 g/mol. The van der Waals surface area contributed by atoms with E-state index < -0.39 is 0 Å². The lowest BCUT2D eigenvalue weighted by Crippen LogP contribution is -1.90. The minimum Gasteiger partial charge on any atom is -0.508 e. The van der Waals surface area contributed by atoms with Crippen LogP contribution in [0.2, 0.25) is 0 Å². The standard InChI is InChI=1S/C13H11N3O3S/c1-7-6-20-12(14-7)5-11-15-13(19-16-11)9-4-8(17)2-3-10(9)18/h2-4,6,17-18H,5H2,1H3. The first-order valence-corrected chi connectivity index (χ1v) is 6.76. The average Bonchev–Trinajstić information content (AvgIpc) is 3.02. The summed E-state index contributed by atoms with van der Waals surface area (Å²) in [7, 11) is 0. The van der Waals surface area contributed by atoms with Crippen molar-refractivity contribution in [1.29, 1.82) is 0 Å². The Kier molecular flexibility index (Phi) is 3.11. The van der Waals surface area contributed by atoms with E-state index in [0.717, 1.165) is 10.7 Å². The number of benzene rings is 1. The Bertz CT molecular complexity index is 751. The second kappa shape index (κ2) is 4.93. The highest BCUT2D eigenvalue weighted by Crippen LogP contribution is 2.31. The predicted molar refractivity (Wildman–Crippen MR) is 72.7 cm³/mol. The fourth-order valence-electron chi connectivity index (χ4n) is 1.75. The lowest BCUT2D eigenvalue weighted by Gasteiger charge is -1.99. The lowest BCUT2D eigenvalue weighted by atomic mass is 10.2. The first-order valence-electron chi connectivity index (χ1n) is 5.88. The summed E-state index contributed by atoms with van der Waals surface area (Å²) >= 11 is 1.53. The molecule has 0 unspecified atom stereocenters. The number of phenols is 2. The van der Waals surface area contributed by atoms with Crippen LogP contribution in [0.15, 0.2) is 28.1 Å². The third kappa shape index (κ3) is 2.48. The van der Waals surface area contributed by atoms with Crippen LogP contribution in [0, 0.1) is 6.92 Å². The van der Waals surface area contributed by atoms with Crippen LogP contribution in [0.4, 0.5) is 0 Å². The van der Waals surface area contributed by atoms with Gasteiger partial charge in [-0.05, 0) is 25.1 Å². The van der Waals surface area contributed by atoms with Gasteiger partial charge in [0.05, 0.1) is 12.0 Å². The van der Waals surface area contributed by atoms with Crippen molar-refractivity contribution >= 4 is 11.3 Å². The summed E-state index contributed by atoms with van der Waals surface area (Å²) in [6.45, 7) is 1.92. The zero-order valence-electron chi connectivity index (χ0n) is 10.6. The molecule has 2 N–H and O–H groups in total. The van der Waals surface area contributed by atoms with Gasteiger partial charge < -0.3 is 14.7 Å². The lowest BCUT2D eigenvalue weighted by molar-refractivity contribution is 0.417. The van der Waals surface area contributed by atoms with E-state index in [1.807, 2.05) is 12.3 Å². The van der Waals surface area contributed by atoms with Crippen LogP contribution < -0.4 is 0 Å². The molecular weight excluding hydrogens is 278 g/mol. The number of rotatable bonds is 3. The van der Waals surface area contributed by atoms with Crippen molar-refractivity contribution in [3.63, 3.8) is 0 Å². The second-order valence-corrected chi connectivity index (χ2v) is 5.22. The normalized spacial score (nSPS) is 10.8. The first kappa shape index (κ1) is 12.6. The number of aromatic hydroxyl groups is 2. The van der Waals surface area contributed by atoms with E-state index in [2.05, 4.69) is 15.1 Å². The molecule has 102 valence electrons. The summed E-state index contributed by atoms with van der Waals surface area (Å²) in [6, 6.07) is 4.13. The van der Waals surface area contributed by atoms with Gasteiger partial charge in [-0.2, -0.15) is 4.98 Å². The van der Waals surface area contributed by atoms with Gasteiger partial charge in [-0.25, -0.2) is 4.98 Å². The number of phenolic OH excluding ortho intramolecular Hbond substituents is 2. The van der Waals surface area contributed by atoms with Crippen molar-refractivity contribution < 1.29 is 14.7 Å². The molecule has 0 radical (unpaired) electrons. The molecule has 0 atom stereocenters. The van der Waals surface area contributed by atoms with Gasteiger partial charge in [0.15, 0.2) is 5.82 Å². The maximum Gasteiger partial charge on any atom is 0.261 e. The minimum atomic E-state index is -0.0249. The summed E-state index contributed by atoms with van der Waals surface area (Å²) in [5.74, 6) is 0.648. The number of aromatic nitrogens is 3. The SMILES string of the molecule is Cc1csc(Cc2noc(-c3cc(O)ccc3O)n2)n1. The number of nitrogens with zero attached hydrogens (tertiary/aromatic N) is 3. The predicted octanol–water partition coefficient (Wildman–Crippen LogP) is 2.50. The molecular formula is C13H11N3O3S. The Balaban J connectivity index is 1.88. The van der Waals surface area contributed by atoms with Gasteiger partial charge in [0.1, 0.15) is 16.5 Å². The molecule has 0 aliphatic carbocycles. The highest BCUT2D eigenvalue weighted by atomic mass is 32.1. The van der Waals surface area contributed by atoms with Crippen molar-refractivity contribution in [3.05, 3.63) is 40.1 Å². The maximum absolute atomic E-state index is 9.74. The van der Waals surface area contributed by atoms with Crippen molar-refractivity contribution in [1.82, 2.24) is 15.1 Å².